The summed E-state index contributed by atoms with van der Waals surface area (Å²) < 4.78 is 10.4. The highest BCUT2D eigenvalue weighted by Crippen LogP contribution is 2.23. The van der Waals surface area contributed by atoms with Crippen LogP contribution in [0.4, 0.5) is 11.6 Å². The van der Waals surface area contributed by atoms with E-state index in [1.165, 1.54) is 0 Å². The van der Waals surface area contributed by atoms with Gasteiger partial charge in [0.25, 0.3) is 0 Å². The van der Waals surface area contributed by atoms with Crippen molar-refractivity contribution in [3.05, 3.63) is 11.4 Å². The van der Waals surface area contributed by atoms with Crippen LogP contribution in [0.2, 0.25) is 0 Å². The van der Waals surface area contributed by atoms with Crippen LogP contribution >= 0.6 is 0 Å². The van der Waals surface area contributed by atoms with Crippen molar-refractivity contribution in [2.45, 2.75) is 27.2 Å². The minimum absolute atomic E-state index is 0.657. The third-order valence-electron chi connectivity index (χ3n) is 3.20. The van der Waals surface area contributed by atoms with Gasteiger partial charge in [-0.1, -0.05) is 6.92 Å². The molecule has 120 valence electrons. The Morgan fingerprint density at radius 1 is 1.05 bits per heavy atom. The Morgan fingerprint density at radius 3 is 2.19 bits per heavy atom. The summed E-state index contributed by atoms with van der Waals surface area (Å²) in [7, 11) is 3.42. The van der Waals surface area contributed by atoms with E-state index in [1.807, 2.05) is 6.92 Å². The van der Waals surface area contributed by atoms with Crippen LogP contribution in [0, 0.1) is 13.8 Å². The molecule has 0 aliphatic carbocycles. The highest BCUT2D eigenvalue weighted by molar-refractivity contribution is 5.58. The Hall–Kier alpha value is -1.40. The van der Waals surface area contributed by atoms with Gasteiger partial charge in [0.05, 0.1) is 13.2 Å². The van der Waals surface area contributed by atoms with E-state index < -0.39 is 0 Å². The summed E-state index contributed by atoms with van der Waals surface area (Å²) in [5.41, 5.74) is 1.07. The number of nitrogens with one attached hydrogen (secondary N) is 1. The molecule has 0 fully saturated rings. The molecule has 1 aromatic rings. The number of ether oxygens (including phenoxy) is 2. The molecule has 0 saturated carbocycles. The van der Waals surface area contributed by atoms with Crippen molar-refractivity contribution in [3.8, 4) is 0 Å². The predicted molar refractivity (Wildman–Crippen MR) is 86.3 cm³/mol. The summed E-state index contributed by atoms with van der Waals surface area (Å²) in [6.45, 7) is 9.90. The molecule has 0 aliphatic heterocycles. The SMILES string of the molecule is CCCNc1nc(C)nc(N(CCOC)CCOC)c1C. The zero-order chi connectivity index (χ0) is 15.7. The molecule has 0 unspecified atom stereocenters. The first-order valence-corrected chi connectivity index (χ1v) is 7.45. The number of hydrogen-bond donors (Lipinski definition) is 1. The van der Waals surface area contributed by atoms with Crippen molar-refractivity contribution in [1.82, 2.24) is 9.97 Å². The first kappa shape index (κ1) is 17.7. The number of anilines is 2. The molecule has 1 heterocycles. The van der Waals surface area contributed by atoms with Crippen molar-refractivity contribution >= 4 is 11.6 Å². The van der Waals surface area contributed by atoms with Crippen LogP contribution in [-0.2, 0) is 9.47 Å². The van der Waals surface area contributed by atoms with Crippen LogP contribution < -0.4 is 10.2 Å². The molecular formula is C15H28N4O2. The zero-order valence-corrected chi connectivity index (χ0v) is 13.9. The lowest BCUT2D eigenvalue weighted by Crippen LogP contribution is -2.32. The van der Waals surface area contributed by atoms with Gasteiger partial charge >= 0.3 is 0 Å². The smallest absolute Gasteiger partial charge is 0.137 e. The van der Waals surface area contributed by atoms with Crippen LogP contribution in [0.15, 0.2) is 0 Å². The van der Waals surface area contributed by atoms with Crippen LogP contribution in [0.3, 0.4) is 0 Å². The lowest BCUT2D eigenvalue weighted by Gasteiger charge is -2.26. The first-order valence-electron chi connectivity index (χ1n) is 7.45. The maximum atomic E-state index is 5.20. The Bertz CT molecular complexity index is 418. The van der Waals surface area contributed by atoms with Gasteiger partial charge in [0.1, 0.15) is 17.5 Å². The van der Waals surface area contributed by atoms with E-state index in [0.717, 1.165) is 49.1 Å². The standard InChI is InChI=1S/C15H28N4O2/c1-6-7-16-14-12(2)15(18-13(3)17-14)19(8-10-20-4)9-11-21-5/h6-11H2,1-5H3,(H,16,17,18). The van der Waals surface area contributed by atoms with Gasteiger partial charge in [-0.15, -0.1) is 0 Å². The molecule has 0 radical (unpaired) electrons. The summed E-state index contributed by atoms with van der Waals surface area (Å²) in [4.78, 5) is 11.3. The third kappa shape index (κ3) is 5.47. The molecule has 0 aliphatic rings. The second-order valence-electron chi connectivity index (χ2n) is 4.97. The molecule has 0 spiro atoms. The van der Waals surface area contributed by atoms with Gasteiger partial charge in [-0.05, 0) is 20.3 Å². The molecule has 0 aromatic carbocycles. The van der Waals surface area contributed by atoms with Crippen molar-refractivity contribution < 1.29 is 9.47 Å². The molecule has 1 N–H and O–H groups in total. The normalized spacial score (nSPS) is 10.7. The topological polar surface area (TPSA) is 59.5 Å². The minimum Gasteiger partial charge on any atom is -0.383 e. The van der Waals surface area contributed by atoms with Gasteiger partial charge in [0, 0.05) is 39.4 Å². The van der Waals surface area contributed by atoms with Crippen LogP contribution in [0.1, 0.15) is 24.7 Å². The maximum absolute atomic E-state index is 5.20. The lowest BCUT2D eigenvalue weighted by molar-refractivity contribution is 0.190. The lowest BCUT2D eigenvalue weighted by atomic mass is 10.2. The highest BCUT2D eigenvalue weighted by atomic mass is 16.5. The third-order valence-corrected chi connectivity index (χ3v) is 3.20. The molecule has 1 rings (SSSR count). The first-order chi connectivity index (χ1) is 10.1. The van der Waals surface area contributed by atoms with Crippen LogP contribution in [0.5, 0.6) is 0 Å². The van der Waals surface area contributed by atoms with E-state index in [1.54, 1.807) is 14.2 Å². The monoisotopic (exact) mass is 296 g/mol. The molecule has 0 atom stereocenters. The molecule has 0 amide bonds. The fraction of sp³-hybridized carbons (Fsp3) is 0.733. The molecule has 6 heteroatoms. The second kappa shape index (κ2) is 9.52. The summed E-state index contributed by atoms with van der Waals surface area (Å²) >= 11 is 0. The van der Waals surface area contributed by atoms with Gasteiger partial charge in [-0.3, -0.25) is 0 Å². The Kier molecular flexibility index (Phi) is 8.00. The molecule has 0 saturated heterocycles. The Balaban J connectivity index is 3.01. The molecule has 1 aromatic heterocycles. The number of aryl methyl sites for hydroxylation is 1. The summed E-state index contributed by atoms with van der Waals surface area (Å²) in [6.07, 6.45) is 1.06. The van der Waals surface area contributed by atoms with Crippen molar-refractivity contribution in [2.75, 3.05) is 57.3 Å². The van der Waals surface area contributed by atoms with Crippen molar-refractivity contribution in [2.24, 2.45) is 0 Å². The van der Waals surface area contributed by atoms with Crippen LogP contribution in [-0.4, -0.2) is 57.0 Å². The Labute approximate surface area is 127 Å². The summed E-state index contributed by atoms with van der Waals surface area (Å²) in [5.74, 6) is 2.64. The van der Waals surface area contributed by atoms with Crippen LogP contribution in [0.25, 0.3) is 0 Å². The number of nitrogens with zero attached hydrogens (tertiary/aromatic N) is 3. The fourth-order valence-corrected chi connectivity index (χ4v) is 2.06. The number of rotatable bonds is 10. The summed E-state index contributed by atoms with van der Waals surface area (Å²) in [5, 5.41) is 3.37. The minimum atomic E-state index is 0.657. The quantitative estimate of drug-likeness (QED) is 0.713. The Morgan fingerprint density at radius 2 is 1.67 bits per heavy atom. The number of aromatic nitrogens is 2. The summed E-state index contributed by atoms with van der Waals surface area (Å²) in [6, 6.07) is 0. The zero-order valence-electron chi connectivity index (χ0n) is 13.9. The van der Waals surface area contributed by atoms with Gasteiger partial charge in [-0.2, -0.15) is 0 Å². The van der Waals surface area contributed by atoms with E-state index >= 15 is 0 Å². The van der Waals surface area contributed by atoms with Crippen molar-refractivity contribution in [1.29, 1.82) is 0 Å². The molecule has 0 bridgehead atoms. The van der Waals surface area contributed by atoms with Crippen molar-refractivity contribution in [3.63, 3.8) is 0 Å². The number of hydrogen-bond acceptors (Lipinski definition) is 6. The van der Waals surface area contributed by atoms with E-state index in [-0.39, 0.29) is 0 Å². The number of methoxy groups -OCH3 is 2. The molecule has 21 heavy (non-hydrogen) atoms. The van der Waals surface area contributed by atoms with Gasteiger partial charge in [0.2, 0.25) is 0 Å². The largest absolute Gasteiger partial charge is 0.383 e. The van der Waals surface area contributed by atoms with E-state index in [0.29, 0.717) is 13.2 Å². The average molecular weight is 296 g/mol. The van der Waals surface area contributed by atoms with E-state index in [4.69, 9.17) is 9.47 Å². The highest BCUT2D eigenvalue weighted by Gasteiger charge is 2.15. The molecule has 6 nitrogen and oxygen atoms in total. The average Bonchev–Trinajstić information content (AvgIpc) is 2.48. The van der Waals surface area contributed by atoms with Gasteiger partial charge in [0.15, 0.2) is 0 Å². The predicted octanol–water partition coefficient (Wildman–Crippen LogP) is 2.01. The fourth-order valence-electron chi connectivity index (χ4n) is 2.06. The van der Waals surface area contributed by atoms with E-state index in [9.17, 15) is 0 Å². The molecular weight excluding hydrogens is 268 g/mol. The van der Waals surface area contributed by atoms with E-state index in [2.05, 4.69) is 34.0 Å². The van der Waals surface area contributed by atoms with Gasteiger partial charge in [-0.25, -0.2) is 9.97 Å². The maximum Gasteiger partial charge on any atom is 0.137 e. The second-order valence-corrected chi connectivity index (χ2v) is 4.97. The van der Waals surface area contributed by atoms with Gasteiger partial charge < -0.3 is 19.7 Å².